The van der Waals surface area contributed by atoms with Crippen LogP contribution in [0.5, 0.6) is 0 Å². The van der Waals surface area contributed by atoms with Gasteiger partial charge >= 0.3 is 12.2 Å². The van der Waals surface area contributed by atoms with Gasteiger partial charge in [-0.25, -0.2) is 4.79 Å². The molecule has 2 N–H and O–H groups in total. The third-order valence-corrected chi connectivity index (χ3v) is 2.80. The smallest absolute Gasteiger partial charge is 0.431 e. The summed E-state index contributed by atoms with van der Waals surface area (Å²) in [4.78, 5) is 11.9. The normalized spacial score (nSPS) is 19.5. The molecule has 0 bridgehead atoms. The van der Waals surface area contributed by atoms with Crippen LogP contribution < -0.4 is 10.6 Å². The van der Waals surface area contributed by atoms with Crippen molar-refractivity contribution in [3.8, 4) is 6.07 Å². The predicted octanol–water partition coefficient (Wildman–Crippen LogP) is 2.26. The quantitative estimate of drug-likeness (QED) is 0.605. The Bertz CT molecular complexity index is 727. The van der Waals surface area contributed by atoms with Crippen molar-refractivity contribution in [3.05, 3.63) is 35.4 Å². The van der Waals surface area contributed by atoms with Crippen LogP contribution >= 0.6 is 0 Å². The van der Waals surface area contributed by atoms with E-state index in [9.17, 15) is 18.0 Å². The summed E-state index contributed by atoms with van der Waals surface area (Å²) in [7, 11) is 0. The number of hydrogen-bond donors (Lipinski definition) is 2. The van der Waals surface area contributed by atoms with Crippen molar-refractivity contribution in [1.82, 2.24) is 10.6 Å². The number of carbonyl (C=O) groups excluding carboxylic acids is 1. The van der Waals surface area contributed by atoms with Gasteiger partial charge in [0.1, 0.15) is 12.1 Å². The number of urea groups is 1. The standard InChI is InChI=1S/C13H11F3N6O2/c1-2-24-11(8(6-17)13(14,15)16)19-12(23)18-7-3-4-9-10(5-7)21-22-20-9/h3-5,9H,2H2,1H3,(H2,18,19,23)/b11-8+. The lowest BCUT2D eigenvalue weighted by atomic mass is 10.1. The number of hydrogen-bond acceptors (Lipinski definition) is 6. The van der Waals surface area contributed by atoms with Crippen molar-refractivity contribution < 1.29 is 22.7 Å². The maximum absolute atomic E-state index is 12.8. The molecule has 1 heterocycles. The van der Waals surface area contributed by atoms with Gasteiger partial charge in [0, 0.05) is 5.70 Å². The lowest BCUT2D eigenvalue weighted by Gasteiger charge is -2.16. The lowest BCUT2D eigenvalue weighted by Crippen LogP contribution is -2.37. The topological polar surface area (TPSA) is 111 Å². The SMILES string of the molecule is CCO/C(NC(=O)NC1=CC2=NN=NC2C=C1)=C(\C#N)C(F)(F)F. The maximum Gasteiger partial charge on any atom is 0.431 e. The van der Waals surface area contributed by atoms with E-state index in [1.165, 1.54) is 19.1 Å². The Hall–Kier alpha value is -3.16. The molecule has 0 aromatic heterocycles. The first-order valence-electron chi connectivity index (χ1n) is 6.65. The largest absolute Gasteiger partial charge is 0.478 e. The second-order valence-electron chi connectivity index (χ2n) is 4.46. The molecule has 1 atom stereocenters. The first kappa shape index (κ1) is 17.2. The molecule has 1 aliphatic carbocycles. The van der Waals surface area contributed by atoms with E-state index in [4.69, 9.17) is 10.00 Å². The van der Waals surface area contributed by atoms with Gasteiger partial charge in [-0.2, -0.15) is 23.5 Å². The fourth-order valence-electron chi connectivity index (χ4n) is 1.81. The van der Waals surface area contributed by atoms with Crippen molar-refractivity contribution in [2.75, 3.05) is 6.61 Å². The Labute approximate surface area is 134 Å². The van der Waals surface area contributed by atoms with Crippen LogP contribution in [0, 0.1) is 11.3 Å². The molecule has 24 heavy (non-hydrogen) atoms. The number of nitrogens with zero attached hydrogens (tertiary/aromatic N) is 4. The monoisotopic (exact) mass is 340 g/mol. The summed E-state index contributed by atoms with van der Waals surface area (Å²) >= 11 is 0. The summed E-state index contributed by atoms with van der Waals surface area (Å²) < 4.78 is 43.0. The van der Waals surface area contributed by atoms with Crippen LogP contribution in [-0.4, -0.2) is 30.6 Å². The molecule has 11 heteroatoms. The molecule has 126 valence electrons. The van der Waals surface area contributed by atoms with Crippen LogP contribution in [0.2, 0.25) is 0 Å². The molecule has 8 nitrogen and oxygen atoms in total. The molecule has 0 fully saturated rings. The number of alkyl halides is 3. The van der Waals surface area contributed by atoms with Gasteiger partial charge in [-0.3, -0.25) is 5.32 Å². The second kappa shape index (κ2) is 6.95. The Morgan fingerprint density at radius 3 is 2.88 bits per heavy atom. The van der Waals surface area contributed by atoms with Crippen LogP contribution in [-0.2, 0) is 4.74 Å². The van der Waals surface area contributed by atoms with Crippen molar-refractivity contribution >= 4 is 11.7 Å². The van der Waals surface area contributed by atoms with Gasteiger partial charge in [-0.15, -0.1) is 5.10 Å². The molecule has 0 saturated carbocycles. The Morgan fingerprint density at radius 2 is 2.25 bits per heavy atom. The summed E-state index contributed by atoms with van der Waals surface area (Å²) in [5, 5.41) is 23.8. The number of halogens is 3. The third-order valence-electron chi connectivity index (χ3n) is 2.80. The molecule has 2 rings (SSSR count). The number of carbonyl (C=O) groups is 1. The first-order valence-corrected chi connectivity index (χ1v) is 6.65. The summed E-state index contributed by atoms with van der Waals surface area (Å²) in [6.45, 7) is 1.25. The van der Waals surface area contributed by atoms with Gasteiger partial charge in [-0.05, 0) is 24.3 Å². The summed E-state index contributed by atoms with van der Waals surface area (Å²) in [5.74, 6) is -0.966. The highest BCUT2D eigenvalue weighted by atomic mass is 19.4. The van der Waals surface area contributed by atoms with Crippen molar-refractivity contribution in [1.29, 1.82) is 5.26 Å². The average molecular weight is 340 g/mol. The predicted molar refractivity (Wildman–Crippen MR) is 75.3 cm³/mol. The van der Waals surface area contributed by atoms with Gasteiger partial charge in [0.2, 0.25) is 5.88 Å². The van der Waals surface area contributed by atoms with E-state index in [1.54, 1.807) is 6.08 Å². The fourth-order valence-corrected chi connectivity index (χ4v) is 1.81. The molecule has 0 aromatic carbocycles. The Kier molecular flexibility index (Phi) is 4.98. The van der Waals surface area contributed by atoms with Gasteiger partial charge < -0.3 is 10.1 Å². The first-order chi connectivity index (χ1) is 11.3. The number of nitriles is 1. The molecular weight excluding hydrogens is 329 g/mol. The molecule has 1 aliphatic heterocycles. The second-order valence-corrected chi connectivity index (χ2v) is 4.46. The molecule has 2 aliphatic rings. The van der Waals surface area contributed by atoms with Crippen molar-refractivity contribution in [3.63, 3.8) is 0 Å². The van der Waals surface area contributed by atoms with Crippen molar-refractivity contribution in [2.45, 2.75) is 19.1 Å². The zero-order valence-corrected chi connectivity index (χ0v) is 12.3. The minimum atomic E-state index is -4.95. The zero-order chi connectivity index (χ0) is 17.7. The van der Waals surface area contributed by atoms with Gasteiger partial charge in [0.25, 0.3) is 0 Å². The van der Waals surface area contributed by atoms with E-state index in [-0.39, 0.29) is 18.3 Å². The fraction of sp³-hybridized carbons (Fsp3) is 0.308. The highest BCUT2D eigenvalue weighted by Gasteiger charge is 2.38. The Balaban J connectivity index is 2.11. The highest BCUT2D eigenvalue weighted by molar-refractivity contribution is 6.03. The molecule has 1 unspecified atom stereocenters. The number of fused-ring (bicyclic) bond motifs is 1. The summed E-state index contributed by atoms with van der Waals surface area (Å²) in [6, 6.07) is -0.348. The van der Waals surface area contributed by atoms with Crippen LogP contribution in [0.4, 0.5) is 18.0 Å². The molecule has 0 radical (unpaired) electrons. The summed E-state index contributed by atoms with van der Waals surface area (Å²) in [5.41, 5.74) is -0.872. The van der Waals surface area contributed by atoms with E-state index < -0.39 is 23.7 Å². The van der Waals surface area contributed by atoms with E-state index in [2.05, 4.69) is 20.8 Å². The van der Waals surface area contributed by atoms with Crippen molar-refractivity contribution in [2.24, 2.45) is 15.4 Å². The van der Waals surface area contributed by atoms with Gasteiger partial charge in [0.15, 0.2) is 5.57 Å². The van der Waals surface area contributed by atoms with E-state index in [0.717, 1.165) is 6.07 Å². The van der Waals surface area contributed by atoms with E-state index in [1.807, 2.05) is 5.32 Å². The highest BCUT2D eigenvalue weighted by Crippen LogP contribution is 2.27. The molecule has 0 saturated heterocycles. The molecule has 2 amide bonds. The molecule has 0 aromatic rings. The van der Waals surface area contributed by atoms with Crippen LogP contribution in [0.25, 0.3) is 0 Å². The maximum atomic E-state index is 12.8. The number of amides is 2. The van der Waals surface area contributed by atoms with Gasteiger partial charge in [0.05, 0.1) is 12.3 Å². The number of nitrogens with one attached hydrogen (secondary N) is 2. The molecular formula is C13H11F3N6O2. The van der Waals surface area contributed by atoms with E-state index >= 15 is 0 Å². The average Bonchev–Trinajstić information content (AvgIpc) is 2.94. The lowest BCUT2D eigenvalue weighted by molar-refractivity contribution is -0.0912. The van der Waals surface area contributed by atoms with Crippen LogP contribution in [0.15, 0.2) is 50.8 Å². The minimum Gasteiger partial charge on any atom is -0.478 e. The number of allylic oxidation sites excluding steroid dienone is 2. The summed E-state index contributed by atoms with van der Waals surface area (Å²) in [6.07, 6.45) is -0.359. The Morgan fingerprint density at radius 1 is 1.50 bits per heavy atom. The third kappa shape index (κ3) is 3.97. The van der Waals surface area contributed by atoms with Gasteiger partial charge in [-0.1, -0.05) is 6.08 Å². The number of ether oxygens (including phenoxy) is 1. The number of rotatable bonds is 4. The minimum absolute atomic E-state index is 0.166. The van der Waals surface area contributed by atoms with Crippen LogP contribution in [0.3, 0.4) is 0 Å². The van der Waals surface area contributed by atoms with Crippen LogP contribution in [0.1, 0.15) is 6.92 Å². The molecule has 0 spiro atoms. The van der Waals surface area contributed by atoms with E-state index in [0.29, 0.717) is 5.71 Å². The zero-order valence-electron chi connectivity index (χ0n) is 12.3.